The molecule has 0 aliphatic carbocycles. The second-order valence-corrected chi connectivity index (χ2v) is 10.6. The third-order valence-corrected chi connectivity index (χ3v) is 7.15. The topological polar surface area (TPSA) is 152 Å². The van der Waals surface area contributed by atoms with Crippen LogP contribution in [0, 0.1) is 11.8 Å². The van der Waals surface area contributed by atoms with Crippen molar-refractivity contribution in [3.63, 3.8) is 0 Å². The number of carbonyl (C=O) groups excluding carboxylic acids is 5. The van der Waals surface area contributed by atoms with E-state index in [1.807, 2.05) is 30.3 Å². The highest BCUT2D eigenvalue weighted by molar-refractivity contribution is 5.99. The highest BCUT2D eigenvalue weighted by Crippen LogP contribution is 2.30. The van der Waals surface area contributed by atoms with E-state index in [0.717, 1.165) is 5.56 Å². The minimum Gasteiger partial charge on any atom is -0.486 e. The Labute approximate surface area is 238 Å². The van der Waals surface area contributed by atoms with Crippen molar-refractivity contribution in [3.05, 3.63) is 59.7 Å². The number of nitrogens with one attached hydrogen (secondary N) is 4. The van der Waals surface area contributed by atoms with Crippen LogP contribution in [-0.2, 0) is 25.6 Å². The van der Waals surface area contributed by atoms with Crippen molar-refractivity contribution in [1.29, 1.82) is 0 Å². The van der Waals surface area contributed by atoms with Gasteiger partial charge in [0.15, 0.2) is 11.5 Å². The number of hydrogen-bond acceptors (Lipinski definition) is 7. The van der Waals surface area contributed by atoms with Crippen LogP contribution in [-0.4, -0.2) is 67.8 Å². The Morgan fingerprint density at radius 1 is 0.976 bits per heavy atom. The summed E-state index contributed by atoms with van der Waals surface area (Å²) in [7, 11) is 0. The zero-order chi connectivity index (χ0) is 29.4. The monoisotopic (exact) mass is 564 g/mol. The Morgan fingerprint density at radius 3 is 2.37 bits per heavy atom. The van der Waals surface area contributed by atoms with E-state index in [0.29, 0.717) is 49.5 Å². The van der Waals surface area contributed by atoms with E-state index in [1.54, 1.807) is 32.0 Å². The summed E-state index contributed by atoms with van der Waals surface area (Å²) in [4.78, 5) is 63.7. The lowest BCUT2D eigenvalue weighted by molar-refractivity contribution is -0.131. The van der Waals surface area contributed by atoms with Gasteiger partial charge in [0.1, 0.15) is 31.6 Å². The predicted molar refractivity (Wildman–Crippen MR) is 149 cm³/mol. The van der Waals surface area contributed by atoms with Gasteiger partial charge in [-0.2, -0.15) is 0 Å². The maximum Gasteiger partial charge on any atom is 0.252 e. The second-order valence-electron chi connectivity index (χ2n) is 10.6. The summed E-state index contributed by atoms with van der Waals surface area (Å²) in [6.07, 6.45) is 1.53. The number of hydrogen-bond donors (Lipinski definition) is 4. The van der Waals surface area contributed by atoms with Crippen LogP contribution in [0.3, 0.4) is 0 Å². The minimum atomic E-state index is -1.03. The first-order chi connectivity index (χ1) is 19.7. The van der Waals surface area contributed by atoms with Crippen molar-refractivity contribution < 1.29 is 33.4 Å². The van der Waals surface area contributed by atoms with E-state index in [2.05, 4.69) is 21.3 Å². The first-order valence-electron chi connectivity index (χ1n) is 13.8. The number of rotatable bonds is 12. The first kappa shape index (κ1) is 29.6. The van der Waals surface area contributed by atoms with E-state index in [4.69, 9.17) is 9.47 Å². The highest BCUT2D eigenvalue weighted by atomic mass is 16.6. The number of carbonyl (C=O) groups is 5. The van der Waals surface area contributed by atoms with Crippen LogP contribution in [0.2, 0.25) is 0 Å². The lowest BCUT2D eigenvalue weighted by Crippen LogP contribution is -2.57. The maximum absolute atomic E-state index is 13.5. The van der Waals surface area contributed by atoms with Crippen molar-refractivity contribution in [2.75, 3.05) is 19.8 Å². The molecule has 0 radical (unpaired) electrons. The molecule has 0 aromatic heterocycles. The molecule has 4 N–H and O–H groups in total. The van der Waals surface area contributed by atoms with Gasteiger partial charge in [-0.1, -0.05) is 44.2 Å². The van der Waals surface area contributed by atoms with Crippen molar-refractivity contribution in [1.82, 2.24) is 21.3 Å². The normalized spacial score (nSPS) is 18.0. The molecule has 1 unspecified atom stereocenters. The average Bonchev–Trinajstić information content (AvgIpc) is 3.38. The van der Waals surface area contributed by atoms with Crippen molar-refractivity contribution >= 4 is 29.9 Å². The van der Waals surface area contributed by atoms with E-state index in [-0.39, 0.29) is 30.6 Å². The van der Waals surface area contributed by atoms with Gasteiger partial charge in [0.25, 0.3) is 5.91 Å². The Bertz CT molecular complexity index is 1270. The molecule has 4 amide bonds. The van der Waals surface area contributed by atoms with Gasteiger partial charge in [0, 0.05) is 24.4 Å². The summed E-state index contributed by atoms with van der Waals surface area (Å²) in [6, 6.07) is 11.1. The number of benzene rings is 2. The molecular weight excluding hydrogens is 528 g/mol. The van der Waals surface area contributed by atoms with Gasteiger partial charge < -0.3 is 35.5 Å². The molecule has 0 saturated carbocycles. The van der Waals surface area contributed by atoms with Gasteiger partial charge in [-0.05, 0) is 42.5 Å². The molecule has 218 valence electrons. The third-order valence-electron chi connectivity index (χ3n) is 7.15. The lowest BCUT2D eigenvalue weighted by atomic mass is 9.98. The largest absolute Gasteiger partial charge is 0.486 e. The number of amides is 4. The van der Waals surface area contributed by atoms with E-state index in [9.17, 15) is 24.0 Å². The smallest absolute Gasteiger partial charge is 0.252 e. The van der Waals surface area contributed by atoms with Crippen LogP contribution in [0.15, 0.2) is 48.5 Å². The van der Waals surface area contributed by atoms with Crippen LogP contribution in [0.4, 0.5) is 0 Å². The van der Waals surface area contributed by atoms with Crippen molar-refractivity contribution in [2.45, 2.75) is 51.2 Å². The van der Waals surface area contributed by atoms with Crippen LogP contribution in [0.25, 0.3) is 0 Å². The Morgan fingerprint density at radius 2 is 1.71 bits per heavy atom. The quantitative estimate of drug-likeness (QED) is 0.282. The van der Waals surface area contributed by atoms with E-state index < -0.39 is 35.8 Å². The number of ether oxygens (including phenoxy) is 2. The Kier molecular flexibility index (Phi) is 9.94. The van der Waals surface area contributed by atoms with Crippen molar-refractivity contribution in [2.24, 2.45) is 11.8 Å². The van der Waals surface area contributed by atoms with Gasteiger partial charge in [-0.25, -0.2) is 0 Å². The SMILES string of the molecule is CC(C)C(NC(=O)c1ccc2c(c1)OCCO2)C(=O)N[C@@H](Cc1ccccc1)C(=O)N[C@H](C=O)C[C@@H]1CCNC1=O. The fourth-order valence-electron chi connectivity index (χ4n) is 4.87. The zero-order valence-corrected chi connectivity index (χ0v) is 23.2. The summed E-state index contributed by atoms with van der Waals surface area (Å²) in [5.74, 6) is -1.39. The summed E-state index contributed by atoms with van der Waals surface area (Å²) in [5, 5.41) is 11.0. The molecule has 0 bridgehead atoms. The molecule has 11 nitrogen and oxygen atoms in total. The summed E-state index contributed by atoms with van der Waals surface area (Å²) in [5.41, 5.74) is 1.10. The minimum absolute atomic E-state index is 0.145. The molecule has 11 heteroatoms. The number of aldehydes is 1. The summed E-state index contributed by atoms with van der Waals surface area (Å²) < 4.78 is 11.1. The highest BCUT2D eigenvalue weighted by Gasteiger charge is 2.32. The Balaban J connectivity index is 1.46. The van der Waals surface area contributed by atoms with Gasteiger partial charge in [-0.15, -0.1) is 0 Å². The van der Waals surface area contributed by atoms with Gasteiger partial charge in [0.05, 0.1) is 6.04 Å². The fourth-order valence-corrected chi connectivity index (χ4v) is 4.87. The predicted octanol–water partition coefficient (Wildman–Crippen LogP) is 1.15. The molecule has 2 aliphatic heterocycles. The summed E-state index contributed by atoms with van der Waals surface area (Å²) in [6.45, 7) is 4.91. The molecule has 1 fully saturated rings. The molecule has 0 spiro atoms. The number of fused-ring (bicyclic) bond motifs is 1. The fraction of sp³-hybridized carbons (Fsp3) is 0.433. The molecule has 4 atom stereocenters. The molecular formula is C30H36N4O7. The van der Waals surface area contributed by atoms with Gasteiger partial charge in [-0.3, -0.25) is 19.2 Å². The Hall–Kier alpha value is -4.41. The van der Waals surface area contributed by atoms with Crippen LogP contribution in [0.1, 0.15) is 42.6 Å². The zero-order valence-electron chi connectivity index (χ0n) is 23.2. The molecule has 2 heterocycles. The van der Waals surface area contributed by atoms with E-state index in [1.165, 1.54) is 0 Å². The van der Waals surface area contributed by atoms with Crippen LogP contribution < -0.4 is 30.7 Å². The van der Waals surface area contributed by atoms with Gasteiger partial charge in [0.2, 0.25) is 17.7 Å². The van der Waals surface area contributed by atoms with Crippen LogP contribution in [0.5, 0.6) is 11.5 Å². The molecule has 1 saturated heterocycles. The van der Waals surface area contributed by atoms with E-state index >= 15 is 0 Å². The first-order valence-corrected chi connectivity index (χ1v) is 13.8. The van der Waals surface area contributed by atoms with Gasteiger partial charge >= 0.3 is 0 Å². The molecule has 2 aromatic rings. The molecule has 41 heavy (non-hydrogen) atoms. The van der Waals surface area contributed by atoms with Crippen LogP contribution >= 0.6 is 0 Å². The maximum atomic E-state index is 13.5. The lowest BCUT2D eigenvalue weighted by Gasteiger charge is -2.26. The standard InChI is InChI=1S/C30H36N4O7/c1-18(2)26(34-28(37)20-8-9-24-25(16-20)41-13-12-40-24)30(39)33-23(14-19-6-4-3-5-7-19)29(38)32-22(17-35)15-21-10-11-31-27(21)36/h3-9,16-18,21-23,26H,10-15H2,1-2H3,(H,31,36)(H,32,38)(H,33,39)(H,34,37)/t21-,22-,23-,26?/m0/s1. The third kappa shape index (κ3) is 7.84. The summed E-state index contributed by atoms with van der Waals surface area (Å²) >= 11 is 0. The molecule has 2 aliphatic rings. The van der Waals surface area contributed by atoms with Crippen molar-refractivity contribution in [3.8, 4) is 11.5 Å². The molecule has 4 rings (SSSR count). The molecule has 2 aromatic carbocycles. The second kappa shape index (κ2) is 13.8. The average molecular weight is 565 g/mol.